The SMILES string of the molecule is COc1ccc2c(c1)CC(C(=O)N[C@@H](CO)C(=O)N[C@@H](CC(C)C)B(O)O)CC2. The van der Waals surface area contributed by atoms with E-state index in [0.717, 1.165) is 17.7 Å². The van der Waals surface area contributed by atoms with Gasteiger partial charge in [0.05, 0.1) is 19.7 Å². The Morgan fingerprint density at radius 2 is 1.97 bits per heavy atom. The van der Waals surface area contributed by atoms with Gasteiger partial charge >= 0.3 is 7.12 Å². The van der Waals surface area contributed by atoms with Crippen LogP contribution >= 0.6 is 0 Å². The third kappa shape index (κ3) is 6.45. The molecule has 1 aromatic rings. The van der Waals surface area contributed by atoms with E-state index in [2.05, 4.69) is 10.6 Å². The van der Waals surface area contributed by atoms with Crippen molar-refractivity contribution in [3.63, 3.8) is 0 Å². The number of aryl methyl sites for hydroxylation is 1. The Morgan fingerprint density at radius 3 is 2.55 bits per heavy atom. The molecule has 0 spiro atoms. The molecule has 0 aromatic heterocycles. The van der Waals surface area contributed by atoms with Crippen LogP contribution in [0.2, 0.25) is 0 Å². The summed E-state index contributed by atoms with van der Waals surface area (Å²) in [7, 11) is -0.129. The zero-order valence-corrected chi connectivity index (χ0v) is 17.2. The van der Waals surface area contributed by atoms with Crippen LogP contribution in [0.4, 0.5) is 0 Å². The molecule has 2 amide bonds. The molecule has 0 saturated carbocycles. The molecule has 1 aliphatic carbocycles. The number of ether oxygens (including phenoxy) is 1. The van der Waals surface area contributed by atoms with Gasteiger partial charge in [-0.1, -0.05) is 19.9 Å². The predicted molar refractivity (Wildman–Crippen MR) is 109 cm³/mol. The Bertz CT molecular complexity index is 712. The molecule has 3 atom stereocenters. The van der Waals surface area contributed by atoms with Crippen LogP contribution in [-0.2, 0) is 22.4 Å². The molecule has 9 heteroatoms. The quantitative estimate of drug-likeness (QED) is 0.362. The first-order valence-corrected chi connectivity index (χ1v) is 9.98. The molecule has 1 aromatic carbocycles. The van der Waals surface area contributed by atoms with E-state index in [4.69, 9.17) is 4.74 Å². The minimum Gasteiger partial charge on any atom is -0.497 e. The number of aliphatic hydroxyl groups is 1. The number of aliphatic hydroxyl groups excluding tert-OH is 1. The number of hydrogen-bond acceptors (Lipinski definition) is 6. The molecule has 5 N–H and O–H groups in total. The van der Waals surface area contributed by atoms with Crippen LogP contribution in [0.5, 0.6) is 5.75 Å². The normalized spacial score (nSPS) is 17.8. The largest absolute Gasteiger partial charge is 0.497 e. The van der Waals surface area contributed by atoms with E-state index >= 15 is 0 Å². The standard InChI is InChI=1S/C20H31BN2O6/c1-12(2)8-18(21(27)28)23-20(26)17(11-24)22-19(25)14-5-4-13-6-7-16(29-3)10-15(13)9-14/h6-7,10,12,14,17-18,24,27-28H,4-5,8-9,11H2,1-3H3,(H,22,25)(H,23,26)/t14?,17-,18-/m0/s1. The molecule has 0 heterocycles. The van der Waals surface area contributed by atoms with Crippen LogP contribution in [-0.4, -0.2) is 59.8 Å². The lowest BCUT2D eigenvalue weighted by molar-refractivity contribution is -0.132. The Balaban J connectivity index is 1.99. The van der Waals surface area contributed by atoms with Gasteiger partial charge in [0.15, 0.2) is 0 Å². The third-order valence-corrected chi connectivity index (χ3v) is 5.24. The highest BCUT2D eigenvalue weighted by atomic mass is 16.5. The van der Waals surface area contributed by atoms with E-state index in [9.17, 15) is 24.7 Å². The van der Waals surface area contributed by atoms with Crippen molar-refractivity contribution in [2.75, 3.05) is 13.7 Å². The average molecular weight is 406 g/mol. The van der Waals surface area contributed by atoms with Crippen molar-refractivity contribution in [1.82, 2.24) is 10.6 Å². The van der Waals surface area contributed by atoms with Gasteiger partial charge in [-0.2, -0.15) is 0 Å². The first-order valence-electron chi connectivity index (χ1n) is 9.98. The molecule has 0 aliphatic heterocycles. The van der Waals surface area contributed by atoms with Crippen molar-refractivity contribution in [1.29, 1.82) is 0 Å². The summed E-state index contributed by atoms with van der Waals surface area (Å²) in [6.45, 7) is 3.20. The van der Waals surface area contributed by atoms with Gasteiger partial charge in [0.1, 0.15) is 11.8 Å². The van der Waals surface area contributed by atoms with Crippen molar-refractivity contribution in [3.05, 3.63) is 29.3 Å². The minimum atomic E-state index is -1.72. The topological polar surface area (TPSA) is 128 Å². The summed E-state index contributed by atoms with van der Waals surface area (Å²) < 4.78 is 5.25. The van der Waals surface area contributed by atoms with Gasteiger partial charge in [0, 0.05) is 5.92 Å². The number of rotatable bonds is 9. The maximum absolute atomic E-state index is 12.7. The van der Waals surface area contributed by atoms with Crippen LogP contribution in [0.3, 0.4) is 0 Å². The first kappa shape index (κ1) is 23.2. The van der Waals surface area contributed by atoms with Crippen LogP contribution in [0, 0.1) is 11.8 Å². The van der Waals surface area contributed by atoms with E-state index in [1.54, 1.807) is 7.11 Å². The van der Waals surface area contributed by atoms with Crippen LogP contribution in [0.25, 0.3) is 0 Å². The number of hydrogen-bond donors (Lipinski definition) is 5. The molecular formula is C20H31BN2O6. The second kappa shape index (κ2) is 10.6. The Labute approximate surface area is 171 Å². The fourth-order valence-corrected chi connectivity index (χ4v) is 3.61. The van der Waals surface area contributed by atoms with Gasteiger partial charge in [-0.25, -0.2) is 0 Å². The predicted octanol–water partition coefficient (Wildman–Crippen LogP) is -0.180. The Kier molecular flexibility index (Phi) is 8.49. The summed E-state index contributed by atoms with van der Waals surface area (Å²) in [5.74, 6) is -1.27. The maximum Gasteiger partial charge on any atom is 0.475 e. The summed E-state index contributed by atoms with van der Waals surface area (Å²) >= 11 is 0. The number of nitrogens with one attached hydrogen (secondary N) is 2. The summed E-state index contributed by atoms with van der Waals surface area (Å²) in [5, 5.41) is 33.6. The molecule has 0 bridgehead atoms. The van der Waals surface area contributed by atoms with E-state index < -0.39 is 31.6 Å². The van der Waals surface area contributed by atoms with Crippen molar-refractivity contribution in [2.24, 2.45) is 11.8 Å². The van der Waals surface area contributed by atoms with Gasteiger partial charge in [0.25, 0.3) is 0 Å². The molecule has 0 fully saturated rings. The zero-order chi connectivity index (χ0) is 21.6. The van der Waals surface area contributed by atoms with E-state index in [1.807, 2.05) is 32.0 Å². The summed E-state index contributed by atoms with van der Waals surface area (Å²) in [6.07, 6.45) is 2.29. The van der Waals surface area contributed by atoms with Crippen molar-refractivity contribution < 1.29 is 29.5 Å². The summed E-state index contributed by atoms with van der Waals surface area (Å²) in [6, 6.07) is 4.67. The summed E-state index contributed by atoms with van der Waals surface area (Å²) in [5.41, 5.74) is 2.22. The summed E-state index contributed by atoms with van der Waals surface area (Å²) in [4.78, 5) is 25.1. The van der Waals surface area contributed by atoms with Crippen molar-refractivity contribution in [2.45, 2.75) is 51.5 Å². The molecule has 2 rings (SSSR count). The van der Waals surface area contributed by atoms with Crippen molar-refractivity contribution >= 4 is 18.9 Å². The second-order valence-electron chi connectivity index (χ2n) is 7.98. The number of methoxy groups -OCH3 is 1. The molecule has 29 heavy (non-hydrogen) atoms. The smallest absolute Gasteiger partial charge is 0.475 e. The molecular weight excluding hydrogens is 375 g/mol. The number of carbonyl (C=O) groups is 2. The highest BCUT2D eigenvalue weighted by Gasteiger charge is 2.32. The van der Waals surface area contributed by atoms with Crippen LogP contribution in [0.1, 0.15) is 37.8 Å². The number of benzene rings is 1. The monoisotopic (exact) mass is 406 g/mol. The average Bonchev–Trinajstić information content (AvgIpc) is 2.69. The Hall–Kier alpha value is -2.10. The highest BCUT2D eigenvalue weighted by molar-refractivity contribution is 6.43. The number of carbonyl (C=O) groups excluding carboxylic acids is 2. The number of amides is 2. The second-order valence-corrected chi connectivity index (χ2v) is 7.98. The fraction of sp³-hybridized carbons (Fsp3) is 0.600. The first-order chi connectivity index (χ1) is 13.7. The number of fused-ring (bicyclic) bond motifs is 1. The highest BCUT2D eigenvalue weighted by Crippen LogP contribution is 2.28. The fourth-order valence-electron chi connectivity index (χ4n) is 3.61. The molecule has 0 radical (unpaired) electrons. The molecule has 1 aliphatic rings. The van der Waals surface area contributed by atoms with Gasteiger partial charge in [-0.05, 0) is 54.9 Å². The molecule has 8 nitrogen and oxygen atoms in total. The zero-order valence-electron chi connectivity index (χ0n) is 17.2. The minimum absolute atomic E-state index is 0.128. The Morgan fingerprint density at radius 1 is 1.24 bits per heavy atom. The maximum atomic E-state index is 12.7. The molecule has 160 valence electrons. The molecule has 1 unspecified atom stereocenters. The lowest BCUT2D eigenvalue weighted by Gasteiger charge is -2.27. The lowest BCUT2D eigenvalue weighted by Crippen LogP contribution is -2.56. The van der Waals surface area contributed by atoms with Crippen molar-refractivity contribution in [3.8, 4) is 5.75 Å². The van der Waals surface area contributed by atoms with Gasteiger partial charge in [-0.15, -0.1) is 0 Å². The van der Waals surface area contributed by atoms with Gasteiger partial charge in [0.2, 0.25) is 11.8 Å². The lowest BCUT2D eigenvalue weighted by atomic mass is 9.75. The molecule has 0 saturated heterocycles. The van der Waals surface area contributed by atoms with Crippen LogP contribution < -0.4 is 15.4 Å². The van der Waals surface area contributed by atoms with Gasteiger partial charge in [-0.3, -0.25) is 9.59 Å². The third-order valence-electron chi connectivity index (χ3n) is 5.24. The van der Waals surface area contributed by atoms with E-state index in [0.29, 0.717) is 19.3 Å². The van der Waals surface area contributed by atoms with Gasteiger partial charge < -0.3 is 30.5 Å². The van der Waals surface area contributed by atoms with Crippen LogP contribution in [0.15, 0.2) is 18.2 Å². The van der Waals surface area contributed by atoms with E-state index in [1.165, 1.54) is 5.56 Å². The van der Waals surface area contributed by atoms with E-state index in [-0.39, 0.29) is 17.7 Å².